The topological polar surface area (TPSA) is 180 Å². The number of aryl methyl sites for hydroxylation is 2. The summed E-state index contributed by atoms with van der Waals surface area (Å²) in [4.78, 5) is 24.4. The van der Waals surface area contributed by atoms with E-state index < -0.39 is 20.6 Å². The van der Waals surface area contributed by atoms with Crippen LogP contribution < -0.4 is 45.2 Å². The molecule has 4 aromatic rings. The summed E-state index contributed by atoms with van der Waals surface area (Å²) in [5, 5.41) is 13.8. The normalized spacial score (nSPS) is 11.6. The third-order valence-electron chi connectivity index (χ3n) is 5.12. The van der Waals surface area contributed by atoms with Crippen molar-refractivity contribution in [2.24, 2.45) is 10.2 Å². The molecule has 0 aliphatic heterocycles. The molecule has 17 heteroatoms. The second-order valence-corrected chi connectivity index (χ2v) is 10.6. The van der Waals surface area contributed by atoms with Crippen molar-refractivity contribution in [2.45, 2.75) is 38.7 Å². The zero-order chi connectivity index (χ0) is 28.5. The number of nitrogens with one attached hydrogen (secondary N) is 2. The van der Waals surface area contributed by atoms with Gasteiger partial charge in [-0.2, -0.15) is 15.0 Å². The van der Waals surface area contributed by atoms with E-state index >= 15 is 0 Å². The quantitative estimate of drug-likeness (QED) is 0.171. The van der Waals surface area contributed by atoms with Gasteiger partial charge >= 0.3 is 35.6 Å². The van der Waals surface area contributed by atoms with Crippen LogP contribution in [0, 0.1) is 13.8 Å². The number of halogens is 2. The number of azo groups is 1. The molecular formula is C23H21Cl2N8NaO5S. The van der Waals surface area contributed by atoms with Crippen LogP contribution in [-0.4, -0.2) is 43.8 Å². The SMILES string of the molecule is Cc1cccc(Cl)c1-n1[nH]c(C)c(N=Nc2cc(Nc3nc(Cl)nc(OC(C)C)n3)ccc2S(=O)(=O)[O-])c1=O.[Na+]. The predicted molar refractivity (Wildman–Crippen MR) is 143 cm³/mol. The third kappa shape index (κ3) is 7.26. The van der Waals surface area contributed by atoms with E-state index in [1.54, 1.807) is 45.9 Å². The van der Waals surface area contributed by atoms with Crippen LogP contribution in [-0.2, 0) is 10.1 Å². The Bertz CT molecular complexity index is 1740. The van der Waals surface area contributed by atoms with Gasteiger partial charge in [0.2, 0.25) is 11.2 Å². The van der Waals surface area contributed by atoms with Gasteiger partial charge in [0.1, 0.15) is 15.8 Å². The van der Waals surface area contributed by atoms with Gasteiger partial charge in [0.25, 0.3) is 5.56 Å². The van der Waals surface area contributed by atoms with E-state index in [9.17, 15) is 17.8 Å². The maximum Gasteiger partial charge on any atom is 1.00 e. The number of hydrogen-bond donors (Lipinski definition) is 2. The van der Waals surface area contributed by atoms with E-state index in [-0.39, 0.29) is 70.0 Å². The van der Waals surface area contributed by atoms with Crippen molar-refractivity contribution in [1.29, 1.82) is 0 Å². The Labute approximate surface area is 261 Å². The Hall–Kier alpha value is -2.85. The number of nitrogens with zero attached hydrogens (tertiary/aromatic N) is 6. The maximum atomic E-state index is 13.1. The summed E-state index contributed by atoms with van der Waals surface area (Å²) in [6, 6.07) is 8.72. The molecule has 0 atom stereocenters. The summed E-state index contributed by atoms with van der Waals surface area (Å²) in [5.74, 6) is -0.00857. The number of ether oxygens (including phenoxy) is 1. The van der Waals surface area contributed by atoms with Gasteiger partial charge in [-0.25, -0.2) is 13.1 Å². The van der Waals surface area contributed by atoms with Crippen molar-refractivity contribution >= 4 is 56.3 Å². The summed E-state index contributed by atoms with van der Waals surface area (Å²) in [6.45, 7) is 6.93. The first-order valence-corrected chi connectivity index (χ1v) is 13.4. The molecule has 2 aromatic heterocycles. The number of para-hydroxylation sites is 1. The van der Waals surface area contributed by atoms with Gasteiger partial charge in [0.15, 0.2) is 5.69 Å². The van der Waals surface area contributed by atoms with E-state index in [0.717, 1.165) is 11.6 Å². The molecular weight excluding hydrogens is 594 g/mol. The number of hydrogen-bond acceptors (Lipinski definition) is 11. The fourth-order valence-electron chi connectivity index (χ4n) is 3.49. The van der Waals surface area contributed by atoms with Gasteiger partial charge < -0.3 is 14.6 Å². The van der Waals surface area contributed by atoms with Crippen LogP contribution in [0.25, 0.3) is 5.69 Å². The zero-order valence-electron chi connectivity index (χ0n) is 21.9. The standard InChI is InChI=1S/C23H22Cl2N8O5S.Na/c1-11(2)38-23-28-21(25)27-22(29-23)26-14-8-9-17(39(35,36)37)16(10-14)30-31-18-13(4)32-33(20(18)34)19-12(3)6-5-7-15(19)24;/h5-11,32H,1-4H3,(H,35,36,37)(H,26,27,28,29);/q;+1/p-1. The number of benzene rings is 2. The molecule has 0 aliphatic carbocycles. The third-order valence-corrected chi connectivity index (χ3v) is 6.48. The monoisotopic (exact) mass is 614 g/mol. The van der Waals surface area contributed by atoms with E-state index in [1.807, 2.05) is 0 Å². The molecule has 2 heterocycles. The van der Waals surface area contributed by atoms with Crippen molar-refractivity contribution < 1.29 is 47.3 Å². The molecule has 0 radical (unpaired) electrons. The molecule has 40 heavy (non-hydrogen) atoms. The number of H-pyrrole nitrogens is 1. The molecule has 0 aliphatic rings. The second kappa shape index (κ2) is 12.8. The first-order valence-electron chi connectivity index (χ1n) is 11.3. The second-order valence-electron chi connectivity index (χ2n) is 8.47. The molecule has 204 valence electrons. The van der Waals surface area contributed by atoms with Crippen molar-refractivity contribution in [3.63, 3.8) is 0 Å². The molecule has 0 fully saturated rings. The van der Waals surface area contributed by atoms with E-state index in [1.165, 1.54) is 16.8 Å². The van der Waals surface area contributed by atoms with Crippen LogP contribution in [0.3, 0.4) is 0 Å². The molecule has 4 rings (SSSR count). The molecule has 0 spiro atoms. The Morgan fingerprint density at radius 3 is 2.48 bits per heavy atom. The molecule has 2 aromatic carbocycles. The molecule has 0 saturated heterocycles. The summed E-state index contributed by atoms with van der Waals surface area (Å²) >= 11 is 12.2. The van der Waals surface area contributed by atoms with Crippen LogP contribution >= 0.6 is 23.2 Å². The van der Waals surface area contributed by atoms with Gasteiger partial charge in [0, 0.05) is 5.69 Å². The van der Waals surface area contributed by atoms with Crippen LogP contribution in [0.4, 0.5) is 23.0 Å². The molecule has 0 saturated carbocycles. The molecule has 0 bridgehead atoms. The Kier molecular flexibility index (Phi) is 10.1. The maximum absolute atomic E-state index is 13.1. The molecule has 13 nitrogen and oxygen atoms in total. The van der Waals surface area contributed by atoms with E-state index in [0.29, 0.717) is 16.4 Å². The number of rotatable bonds is 8. The van der Waals surface area contributed by atoms with Gasteiger partial charge in [-0.1, -0.05) is 23.7 Å². The summed E-state index contributed by atoms with van der Waals surface area (Å²) in [7, 11) is -4.95. The summed E-state index contributed by atoms with van der Waals surface area (Å²) in [6.07, 6.45) is -0.229. The Balaban J connectivity index is 0.00000441. The minimum atomic E-state index is -4.95. The molecule has 2 N–H and O–H groups in total. The first kappa shape index (κ1) is 31.7. The first-order chi connectivity index (χ1) is 18.3. The summed E-state index contributed by atoms with van der Waals surface area (Å²) < 4.78 is 42.3. The largest absolute Gasteiger partial charge is 1.00 e. The Morgan fingerprint density at radius 1 is 1.10 bits per heavy atom. The van der Waals surface area contributed by atoms with Crippen LogP contribution in [0.5, 0.6) is 6.01 Å². The van der Waals surface area contributed by atoms with Crippen LogP contribution in [0.2, 0.25) is 10.3 Å². The van der Waals surface area contributed by atoms with Crippen molar-refractivity contribution in [3.05, 3.63) is 68.3 Å². The fourth-order valence-corrected chi connectivity index (χ4v) is 4.54. The molecule has 0 amide bonds. The Morgan fingerprint density at radius 2 is 1.82 bits per heavy atom. The van der Waals surface area contributed by atoms with Gasteiger partial charge in [-0.15, -0.1) is 10.2 Å². The van der Waals surface area contributed by atoms with Gasteiger partial charge in [0.05, 0.1) is 27.4 Å². The minimum Gasteiger partial charge on any atom is -0.744 e. The molecule has 0 unspecified atom stereocenters. The van der Waals surface area contributed by atoms with Crippen molar-refractivity contribution in [2.75, 3.05) is 5.32 Å². The average molecular weight is 615 g/mol. The van der Waals surface area contributed by atoms with E-state index in [2.05, 4.69) is 35.6 Å². The van der Waals surface area contributed by atoms with E-state index in [4.69, 9.17) is 27.9 Å². The number of aromatic nitrogens is 5. The summed E-state index contributed by atoms with van der Waals surface area (Å²) in [5.41, 5.74) is 0.722. The average Bonchev–Trinajstić information content (AvgIpc) is 3.09. The van der Waals surface area contributed by atoms with Crippen LogP contribution in [0.1, 0.15) is 25.1 Å². The zero-order valence-corrected chi connectivity index (χ0v) is 26.3. The minimum absolute atomic E-state index is 0. The van der Waals surface area contributed by atoms with Gasteiger partial charge in [-0.3, -0.25) is 9.89 Å². The van der Waals surface area contributed by atoms with Crippen molar-refractivity contribution in [1.82, 2.24) is 24.7 Å². The predicted octanol–water partition coefficient (Wildman–Crippen LogP) is 2.13. The smallest absolute Gasteiger partial charge is 0.744 e. The fraction of sp³-hybridized carbons (Fsp3) is 0.217. The number of aromatic amines is 1. The van der Waals surface area contributed by atoms with Crippen molar-refractivity contribution in [3.8, 4) is 11.7 Å². The van der Waals surface area contributed by atoms with Gasteiger partial charge in [-0.05, 0) is 69.1 Å². The van der Waals surface area contributed by atoms with Crippen LogP contribution in [0.15, 0.2) is 56.3 Å². The number of anilines is 2.